The van der Waals surface area contributed by atoms with Crippen LogP contribution in [-0.4, -0.2) is 22.0 Å². The molecule has 0 bridgehead atoms. The summed E-state index contributed by atoms with van der Waals surface area (Å²) >= 11 is 0. The van der Waals surface area contributed by atoms with E-state index in [1.54, 1.807) is 19.1 Å². The summed E-state index contributed by atoms with van der Waals surface area (Å²) in [4.78, 5) is 15.4. The molecule has 6 nitrogen and oxygen atoms in total. The number of hydrogen-bond donors (Lipinski definition) is 1. The SMILES string of the molecule is C=CCNC(=O)C(C)n1cnc(C#N)c1C#N. The van der Waals surface area contributed by atoms with Crippen LogP contribution in [0, 0.1) is 22.7 Å². The van der Waals surface area contributed by atoms with Gasteiger partial charge in [-0.15, -0.1) is 6.58 Å². The highest BCUT2D eigenvalue weighted by molar-refractivity contribution is 5.80. The van der Waals surface area contributed by atoms with Crippen molar-refractivity contribution in [2.24, 2.45) is 0 Å². The molecule has 1 aromatic rings. The van der Waals surface area contributed by atoms with Crippen molar-refractivity contribution in [3.8, 4) is 12.1 Å². The molecule has 0 saturated carbocycles. The van der Waals surface area contributed by atoms with Crippen molar-refractivity contribution in [1.82, 2.24) is 14.9 Å². The van der Waals surface area contributed by atoms with Crippen molar-refractivity contribution < 1.29 is 4.79 Å². The van der Waals surface area contributed by atoms with E-state index in [9.17, 15) is 4.79 Å². The van der Waals surface area contributed by atoms with Gasteiger partial charge in [0.25, 0.3) is 0 Å². The molecule has 1 atom stereocenters. The molecule has 1 N–H and O–H groups in total. The van der Waals surface area contributed by atoms with E-state index in [-0.39, 0.29) is 17.3 Å². The Hall–Kier alpha value is -2.60. The van der Waals surface area contributed by atoms with E-state index in [0.29, 0.717) is 6.54 Å². The van der Waals surface area contributed by atoms with Crippen molar-refractivity contribution in [1.29, 1.82) is 10.5 Å². The Balaban J connectivity index is 2.98. The summed E-state index contributed by atoms with van der Waals surface area (Å²) in [5, 5.41) is 20.3. The minimum atomic E-state index is -0.598. The van der Waals surface area contributed by atoms with E-state index in [1.807, 2.05) is 6.07 Å². The Morgan fingerprint density at radius 1 is 1.71 bits per heavy atom. The van der Waals surface area contributed by atoms with Crippen LogP contribution < -0.4 is 5.32 Å². The number of carbonyl (C=O) groups is 1. The number of imidazole rings is 1. The Kier molecular flexibility index (Phi) is 4.02. The first-order valence-electron chi connectivity index (χ1n) is 4.91. The minimum Gasteiger partial charge on any atom is -0.351 e. The van der Waals surface area contributed by atoms with E-state index in [4.69, 9.17) is 10.5 Å². The van der Waals surface area contributed by atoms with Crippen LogP contribution in [0.5, 0.6) is 0 Å². The van der Waals surface area contributed by atoms with E-state index >= 15 is 0 Å². The van der Waals surface area contributed by atoms with Crippen LogP contribution in [0.2, 0.25) is 0 Å². The Morgan fingerprint density at radius 3 is 2.94 bits per heavy atom. The van der Waals surface area contributed by atoms with Gasteiger partial charge in [-0.05, 0) is 6.92 Å². The van der Waals surface area contributed by atoms with Crippen LogP contribution >= 0.6 is 0 Å². The standard InChI is InChI=1S/C11H11N5O/c1-3-4-14-11(17)8(2)16-7-15-9(5-12)10(16)6-13/h3,7-8H,1,4H2,2H3,(H,14,17). The third-order valence-corrected chi connectivity index (χ3v) is 2.22. The number of nitriles is 2. The molecule has 0 fully saturated rings. The number of rotatable bonds is 4. The Labute approximate surface area is 98.8 Å². The predicted molar refractivity (Wildman–Crippen MR) is 59.6 cm³/mol. The first-order valence-corrected chi connectivity index (χ1v) is 4.91. The maximum absolute atomic E-state index is 11.7. The summed E-state index contributed by atoms with van der Waals surface area (Å²) in [5.74, 6) is -0.261. The van der Waals surface area contributed by atoms with E-state index in [0.717, 1.165) is 0 Å². The van der Waals surface area contributed by atoms with Crippen LogP contribution in [0.15, 0.2) is 19.0 Å². The van der Waals surface area contributed by atoms with Gasteiger partial charge in [-0.1, -0.05) is 6.08 Å². The number of nitrogens with zero attached hydrogens (tertiary/aromatic N) is 4. The molecule has 86 valence electrons. The normalized spacial score (nSPS) is 11.0. The Bertz CT molecular complexity index is 517. The zero-order valence-electron chi connectivity index (χ0n) is 9.34. The first-order chi connectivity index (χ1) is 8.15. The lowest BCUT2D eigenvalue weighted by atomic mass is 10.2. The average molecular weight is 229 g/mol. The van der Waals surface area contributed by atoms with E-state index in [2.05, 4.69) is 16.9 Å². The number of nitrogens with one attached hydrogen (secondary N) is 1. The molecule has 0 radical (unpaired) electrons. The van der Waals surface area contributed by atoms with Crippen LogP contribution in [0.25, 0.3) is 0 Å². The van der Waals surface area contributed by atoms with Gasteiger partial charge < -0.3 is 9.88 Å². The van der Waals surface area contributed by atoms with Gasteiger partial charge in [0, 0.05) is 6.54 Å². The zero-order chi connectivity index (χ0) is 12.8. The largest absolute Gasteiger partial charge is 0.351 e. The predicted octanol–water partition coefficient (Wildman–Crippen LogP) is 0.490. The van der Waals surface area contributed by atoms with Crippen molar-refractivity contribution >= 4 is 5.91 Å². The highest BCUT2D eigenvalue weighted by atomic mass is 16.2. The van der Waals surface area contributed by atoms with E-state index < -0.39 is 6.04 Å². The third kappa shape index (κ3) is 2.50. The summed E-state index contributed by atoms with van der Waals surface area (Å²) < 4.78 is 1.37. The van der Waals surface area contributed by atoms with Crippen molar-refractivity contribution in [2.75, 3.05) is 6.54 Å². The summed E-state index contributed by atoms with van der Waals surface area (Å²) in [5.41, 5.74) is 0.115. The highest BCUT2D eigenvalue weighted by Gasteiger charge is 2.19. The molecule has 1 unspecified atom stereocenters. The molecule has 0 saturated heterocycles. The lowest BCUT2D eigenvalue weighted by Gasteiger charge is -2.13. The molecule has 0 aliphatic carbocycles. The second-order valence-electron chi connectivity index (χ2n) is 3.28. The van der Waals surface area contributed by atoms with Gasteiger partial charge in [-0.25, -0.2) is 4.98 Å². The van der Waals surface area contributed by atoms with Gasteiger partial charge in [0.15, 0.2) is 11.4 Å². The van der Waals surface area contributed by atoms with Crippen LogP contribution in [0.3, 0.4) is 0 Å². The van der Waals surface area contributed by atoms with Gasteiger partial charge in [-0.3, -0.25) is 4.79 Å². The highest BCUT2D eigenvalue weighted by Crippen LogP contribution is 2.12. The summed E-state index contributed by atoms with van der Waals surface area (Å²) in [6.07, 6.45) is 2.87. The molecular formula is C11H11N5O. The molecule has 0 aromatic carbocycles. The fraction of sp³-hybridized carbons (Fsp3) is 0.273. The smallest absolute Gasteiger partial charge is 0.243 e. The zero-order valence-corrected chi connectivity index (χ0v) is 9.34. The second-order valence-corrected chi connectivity index (χ2v) is 3.28. The van der Waals surface area contributed by atoms with Gasteiger partial charge in [0.05, 0.1) is 6.33 Å². The first kappa shape index (κ1) is 12.5. The maximum Gasteiger partial charge on any atom is 0.243 e. The van der Waals surface area contributed by atoms with Gasteiger partial charge >= 0.3 is 0 Å². The maximum atomic E-state index is 11.7. The van der Waals surface area contributed by atoms with Gasteiger partial charge in [-0.2, -0.15) is 10.5 Å². The molecule has 0 aliphatic heterocycles. The molecule has 1 amide bonds. The molecule has 6 heteroatoms. The number of carbonyl (C=O) groups excluding carboxylic acids is 1. The quantitative estimate of drug-likeness (QED) is 0.760. The van der Waals surface area contributed by atoms with Crippen molar-refractivity contribution in [3.63, 3.8) is 0 Å². The Morgan fingerprint density at radius 2 is 2.41 bits per heavy atom. The molecule has 0 spiro atoms. The van der Waals surface area contributed by atoms with Crippen molar-refractivity contribution in [3.05, 3.63) is 30.4 Å². The van der Waals surface area contributed by atoms with Crippen molar-refractivity contribution in [2.45, 2.75) is 13.0 Å². The molecule has 1 heterocycles. The van der Waals surface area contributed by atoms with Gasteiger partial charge in [0.2, 0.25) is 5.91 Å². The fourth-order valence-electron chi connectivity index (χ4n) is 1.29. The summed E-state index contributed by atoms with van der Waals surface area (Å²) in [6.45, 7) is 5.47. The van der Waals surface area contributed by atoms with E-state index in [1.165, 1.54) is 10.9 Å². The van der Waals surface area contributed by atoms with Gasteiger partial charge in [0.1, 0.15) is 18.2 Å². The summed E-state index contributed by atoms with van der Waals surface area (Å²) in [6, 6.07) is 3.07. The average Bonchev–Trinajstić information content (AvgIpc) is 2.77. The summed E-state index contributed by atoms with van der Waals surface area (Å²) in [7, 11) is 0. The van der Waals surface area contributed by atoms with Crippen LogP contribution in [-0.2, 0) is 4.79 Å². The lowest BCUT2D eigenvalue weighted by molar-refractivity contribution is -0.123. The molecular weight excluding hydrogens is 218 g/mol. The van der Waals surface area contributed by atoms with Crippen LogP contribution in [0.1, 0.15) is 24.4 Å². The lowest BCUT2D eigenvalue weighted by Crippen LogP contribution is -2.31. The second kappa shape index (κ2) is 5.47. The topological polar surface area (TPSA) is 94.5 Å². The molecule has 1 aromatic heterocycles. The number of amides is 1. The van der Waals surface area contributed by atoms with Crippen LogP contribution in [0.4, 0.5) is 0 Å². The molecule has 17 heavy (non-hydrogen) atoms. The number of hydrogen-bond acceptors (Lipinski definition) is 4. The number of aromatic nitrogens is 2. The monoisotopic (exact) mass is 229 g/mol. The fourth-order valence-corrected chi connectivity index (χ4v) is 1.29. The molecule has 1 rings (SSSR count). The molecule has 0 aliphatic rings. The third-order valence-electron chi connectivity index (χ3n) is 2.22. The minimum absolute atomic E-state index is 0.0240.